The third kappa shape index (κ3) is 3.52. The minimum Gasteiger partial charge on any atom is -0.472 e. The second-order valence-electron chi connectivity index (χ2n) is 5.17. The Kier molecular flexibility index (Phi) is 4.82. The molecule has 1 aliphatic heterocycles. The van der Waals surface area contributed by atoms with Crippen LogP contribution >= 0.6 is 0 Å². The van der Waals surface area contributed by atoms with Crippen LogP contribution in [0.2, 0.25) is 0 Å². The number of furan rings is 1. The normalized spacial score (nSPS) is 17.1. The number of aromatic nitrogens is 1. The summed E-state index contributed by atoms with van der Waals surface area (Å²) in [7, 11) is 0. The number of hydrogen-bond donors (Lipinski definition) is 1. The van der Waals surface area contributed by atoms with Crippen molar-refractivity contribution in [2.24, 2.45) is 0 Å². The molecular weight excluding hydrogens is 282 g/mol. The number of carbonyl (C=O) groups is 1. The van der Waals surface area contributed by atoms with Crippen molar-refractivity contribution < 1.29 is 13.9 Å². The van der Waals surface area contributed by atoms with E-state index in [-0.39, 0.29) is 11.9 Å². The van der Waals surface area contributed by atoms with E-state index < -0.39 is 0 Å². The van der Waals surface area contributed by atoms with Gasteiger partial charge in [-0.1, -0.05) is 6.07 Å². The topological polar surface area (TPSA) is 67.6 Å². The molecule has 3 rings (SSSR count). The van der Waals surface area contributed by atoms with Gasteiger partial charge in [-0.25, -0.2) is 0 Å². The van der Waals surface area contributed by atoms with Gasteiger partial charge in [-0.05, 0) is 17.7 Å². The van der Waals surface area contributed by atoms with Crippen LogP contribution in [0.15, 0.2) is 47.5 Å². The van der Waals surface area contributed by atoms with Crippen LogP contribution in [-0.2, 0) is 4.74 Å². The van der Waals surface area contributed by atoms with Crippen LogP contribution in [0, 0.1) is 0 Å². The third-order valence-corrected chi connectivity index (χ3v) is 3.79. The molecule has 6 nitrogen and oxygen atoms in total. The number of morpholine rings is 1. The molecule has 1 atom stereocenters. The fraction of sp³-hybridized carbons (Fsp3) is 0.375. The van der Waals surface area contributed by atoms with Gasteiger partial charge in [-0.2, -0.15) is 0 Å². The Hall–Kier alpha value is -2.18. The van der Waals surface area contributed by atoms with Gasteiger partial charge in [0.15, 0.2) is 0 Å². The van der Waals surface area contributed by atoms with Crippen molar-refractivity contribution >= 4 is 5.91 Å². The van der Waals surface area contributed by atoms with Gasteiger partial charge >= 0.3 is 0 Å². The summed E-state index contributed by atoms with van der Waals surface area (Å²) in [4.78, 5) is 18.6. The molecule has 1 unspecified atom stereocenters. The van der Waals surface area contributed by atoms with E-state index in [0.717, 1.165) is 18.7 Å². The predicted molar refractivity (Wildman–Crippen MR) is 80.4 cm³/mol. The number of carbonyl (C=O) groups excluding carboxylic acids is 1. The Morgan fingerprint density at radius 1 is 1.36 bits per heavy atom. The largest absolute Gasteiger partial charge is 0.472 e. The number of nitrogens with one attached hydrogen (secondary N) is 1. The first-order valence-corrected chi connectivity index (χ1v) is 7.37. The molecule has 2 aromatic heterocycles. The number of rotatable bonds is 5. The van der Waals surface area contributed by atoms with Crippen molar-refractivity contribution in [1.82, 2.24) is 15.2 Å². The molecule has 0 saturated carbocycles. The smallest absolute Gasteiger partial charge is 0.254 e. The van der Waals surface area contributed by atoms with E-state index in [1.807, 2.05) is 18.3 Å². The van der Waals surface area contributed by atoms with Crippen molar-refractivity contribution in [1.29, 1.82) is 0 Å². The van der Waals surface area contributed by atoms with E-state index in [1.54, 1.807) is 12.3 Å². The van der Waals surface area contributed by atoms with E-state index in [4.69, 9.17) is 9.15 Å². The average molecular weight is 301 g/mol. The number of pyridine rings is 1. The van der Waals surface area contributed by atoms with E-state index in [1.165, 1.54) is 12.5 Å². The number of amides is 1. The first kappa shape index (κ1) is 14.7. The van der Waals surface area contributed by atoms with Crippen LogP contribution in [0.5, 0.6) is 0 Å². The zero-order valence-corrected chi connectivity index (χ0v) is 12.3. The summed E-state index contributed by atoms with van der Waals surface area (Å²) in [6.07, 6.45) is 6.55. The van der Waals surface area contributed by atoms with Gasteiger partial charge in [0.1, 0.15) is 6.26 Å². The van der Waals surface area contributed by atoms with Gasteiger partial charge in [0.05, 0.1) is 31.1 Å². The molecule has 1 amide bonds. The summed E-state index contributed by atoms with van der Waals surface area (Å²) >= 11 is 0. The Bertz CT molecular complexity index is 580. The lowest BCUT2D eigenvalue weighted by Crippen LogP contribution is -2.43. The highest BCUT2D eigenvalue weighted by molar-refractivity contribution is 5.93. The maximum atomic E-state index is 12.1. The van der Waals surface area contributed by atoms with E-state index in [0.29, 0.717) is 25.3 Å². The molecule has 1 N–H and O–H groups in total. The lowest BCUT2D eigenvalue weighted by Gasteiger charge is -2.34. The molecule has 1 fully saturated rings. The fourth-order valence-electron chi connectivity index (χ4n) is 2.61. The lowest BCUT2D eigenvalue weighted by molar-refractivity contribution is 0.0161. The van der Waals surface area contributed by atoms with Crippen LogP contribution < -0.4 is 5.32 Å². The molecule has 1 aliphatic rings. The second kappa shape index (κ2) is 7.20. The number of nitrogens with zero attached hydrogens (tertiary/aromatic N) is 2. The summed E-state index contributed by atoms with van der Waals surface area (Å²) < 4.78 is 10.4. The Labute approximate surface area is 129 Å². The summed E-state index contributed by atoms with van der Waals surface area (Å²) in [5, 5.41) is 2.97. The van der Waals surface area contributed by atoms with Crippen LogP contribution in [0.3, 0.4) is 0 Å². The van der Waals surface area contributed by atoms with E-state index in [2.05, 4.69) is 15.2 Å². The molecule has 6 heteroatoms. The number of ether oxygens (including phenoxy) is 1. The van der Waals surface area contributed by atoms with E-state index >= 15 is 0 Å². The molecule has 0 radical (unpaired) electrons. The van der Waals surface area contributed by atoms with Gasteiger partial charge < -0.3 is 14.5 Å². The molecule has 0 aromatic carbocycles. The Balaban J connectivity index is 1.69. The minimum atomic E-state index is -0.129. The second-order valence-corrected chi connectivity index (χ2v) is 5.17. The first-order valence-electron chi connectivity index (χ1n) is 7.37. The maximum Gasteiger partial charge on any atom is 0.254 e. The molecule has 0 spiro atoms. The Morgan fingerprint density at radius 3 is 2.91 bits per heavy atom. The predicted octanol–water partition coefficient (Wildman–Crippen LogP) is 1.48. The van der Waals surface area contributed by atoms with Crippen LogP contribution in [-0.4, -0.2) is 48.6 Å². The zero-order valence-electron chi connectivity index (χ0n) is 12.3. The molecule has 22 heavy (non-hydrogen) atoms. The minimum absolute atomic E-state index is 0.0912. The average Bonchev–Trinajstić information content (AvgIpc) is 3.11. The highest BCUT2D eigenvalue weighted by Gasteiger charge is 2.23. The SMILES string of the molecule is O=C(NCC(c1cccnc1)N1CCOCC1)c1ccoc1. The van der Waals surface area contributed by atoms with Crippen molar-refractivity contribution in [3.05, 3.63) is 54.2 Å². The monoisotopic (exact) mass is 301 g/mol. The van der Waals surface area contributed by atoms with Gasteiger partial charge in [0.25, 0.3) is 5.91 Å². The molecule has 1 saturated heterocycles. The zero-order chi connectivity index (χ0) is 15.2. The molecule has 3 heterocycles. The summed E-state index contributed by atoms with van der Waals surface area (Å²) in [5.74, 6) is -0.129. The van der Waals surface area contributed by atoms with Gasteiger partial charge in [-0.15, -0.1) is 0 Å². The quantitative estimate of drug-likeness (QED) is 0.906. The molecule has 0 aliphatic carbocycles. The fourth-order valence-corrected chi connectivity index (χ4v) is 2.61. The molecule has 0 bridgehead atoms. The highest BCUT2D eigenvalue weighted by Crippen LogP contribution is 2.20. The molecular formula is C16H19N3O3. The van der Waals surface area contributed by atoms with Crippen molar-refractivity contribution in [2.75, 3.05) is 32.8 Å². The Morgan fingerprint density at radius 2 is 2.23 bits per heavy atom. The third-order valence-electron chi connectivity index (χ3n) is 3.79. The summed E-state index contributed by atoms with van der Waals surface area (Å²) in [6.45, 7) is 3.65. The lowest BCUT2D eigenvalue weighted by atomic mass is 10.1. The first-order chi connectivity index (χ1) is 10.8. The van der Waals surface area contributed by atoms with E-state index in [9.17, 15) is 4.79 Å². The highest BCUT2D eigenvalue weighted by atomic mass is 16.5. The van der Waals surface area contributed by atoms with Crippen molar-refractivity contribution in [2.45, 2.75) is 6.04 Å². The standard InChI is InChI=1S/C16H19N3O3/c20-16(14-3-7-22-12-14)18-11-15(13-2-1-4-17-10-13)19-5-8-21-9-6-19/h1-4,7,10,12,15H,5-6,8-9,11H2,(H,18,20). The van der Waals surface area contributed by atoms with Crippen molar-refractivity contribution in [3.8, 4) is 0 Å². The van der Waals surface area contributed by atoms with Crippen molar-refractivity contribution in [3.63, 3.8) is 0 Å². The summed E-state index contributed by atoms with van der Waals surface area (Å²) in [5.41, 5.74) is 1.63. The number of hydrogen-bond acceptors (Lipinski definition) is 5. The van der Waals surface area contributed by atoms with Gasteiger partial charge in [-0.3, -0.25) is 14.7 Å². The molecule has 116 valence electrons. The molecule has 2 aromatic rings. The van der Waals surface area contributed by atoms with Gasteiger partial charge in [0.2, 0.25) is 0 Å². The van der Waals surface area contributed by atoms with Gasteiger partial charge in [0, 0.05) is 32.0 Å². The van der Waals surface area contributed by atoms with Crippen LogP contribution in [0.25, 0.3) is 0 Å². The maximum absolute atomic E-state index is 12.1. The summed E-state index contributed by atoms with van der Waals surface area (Å²) in [6, 6.07) is 5.70. The van der Waals surface area contributed by atoms with Crippen LogP contribution in [0.1, 0.15) is 22.0 Å². The van der Waals surface area contributed by atoms with Crippen LogP contribution in [0.4, 0.5) is 0 Å².